The highest BCUT2D eigenvalue weighted by Gasteiger charge is 2.17. The van der Waals surface area contributed by atoms with Crippen LogP contribution >= 0.6 is 0 Å². The molecule has 106 valence electrons. The average molecular weight is 260 g/mol. The van der Waals surface area contributed by atoms with E-state index in [9.17, 15) is 0 Å². The smallest absolute Gasteiger partial charge is 0.0294 e. The quantitative estimate of drug-likeness (QED) is 0.891. The van der Waals surface area contributed by atoms with Crippen LogP contribution in [0, 0.1) is 6.92 Å². The van der Waals surface area contributed by atoms with Crippen molar-refractivity contribution in [2.75, 3.05) is 19.6 Å². The van der Waals surface area contributed by atoms with Gasteiger partial charge < -0.3 is 10.2 Å². The zero-order valence-electron chi connectivity index (χ0n) is 12.7. The van der Waals surface area contributed by atoms with Crippen molar-refractivity contribution in [3.05, 3.63) is 35.4 Å². The fourth-order valence-electron chi connectivity index (χ4n) is 2.94. The number of hydrogen-bond donors (Lipinski definition) is 1. The molecule has 19 heavy (non-hydrogen) atoms. The summed E-state index contributed by atoms with van der Waals surface area (Å²) in [5.41, 5.74) is 2.74. The molecule has 0 spiro atoms. The maximum atomic E-state index is 3.81. The van der Waals surface area contributed by atoms with E-state index in [4.69, 9.17) is 0 Å². The summed E-state index contributed by atoms with van der Waals surface area (Å²) in [6.45, 7) is 10.4. The van der Waals surface area contributed by atoms with Gasteiger partial charge in [0.05, 0.1) is 0 Å². The summed E-state index contributed by atoms with van der Waals surface area (Å²) in [4.78, 5) is 2.57. The summed E-state index contributed by atoms with van der Waals surface area (Å²) in [6.07, 6.45) is 3.92. The maximum absolute atomic E-state index is 3.81. The minimum absolute atomic E-state index is 0.457. The first-order valence-corrected chi connectivity index (χ1v) is 7.74. The maximum Gasteiger partial charge on any atom is 0.0294 e. The van der Waals surface area contributed by atoms with Gasteiger partial charge in [0.25, 0.3) is 0 Å². The zero-order valence-corrected chi connectivity index (χ0v) is 12.7. The van der Waals surface area contributed by atoms with Crippen molar-refractivity contribution in [2.45, 2.75) is 52.1 Å². The van der Waals surface area contributed by atoms with Crippen LogP contribution in [0.1, 0.15) is 50.3 Å². The normalized spacial score (nSPS) is 23.0. The molecule has 1 saturated heterocycles. The molecule has 0 radical (unpaired) electrons. The van der Waals surface area contributed by atoms with Gasteiger partial charge in [0.1, 0.15) is 0 Å². The molecule has 0 aliphatic carbocycles. The molecule has 1 N–H and O–H groups in total. The third kappa shape index (κ3) is 4.32. The van der Waals surface area contributed by atoms with Gasteiger partial charge in [-0.3, -0.25) is 0 Å². The standard InChI is InChI=1S/C17H28N2/c1-4-19-12-5-6-17(11-13-19)18-15(3)16-9-7-14(2)8-10-16/h7-10,15,17-18H,4-6,11-13H2,1-3H3. The fraction of sp³-hybridized carbons (Fsp3) is 0.647. The number of aryl methyl sites for hydroxylation is 1. The molecule has 1 aromatic carbocycles. The summed E-state index contributed by atoms with van der Waals surface area (Å²) >= 11 is 0. The van der Waals surface area contributed by atoms with Crippen LogP contribution < -0.4 is 5.32 Å². The van der Waals surface area contributed by atoms with Crippen LogP contribution in [-0.2, 0) is 0 Å². The molecule has 0 bridgehead atoms. The highest BCUT2D eigenvalue weighted by molar-refractivity contribution is 5.23. The van der Waals surface area contributed by atoms with Crippen molar-refractivity contribution in [1.29, 1.82) is 0 Å². The second kappa shape index (κ2) is 7.06. The number of nitrogens with zero attached hydrogens (tertiary/aromatic N) is 1. The van der Waals surface area contributed by atoms with E-state index in [1.165, 1.54) is 50.0 Å². The lowest BCUT2D eigenvalue weighted by Crippen LogP contribution is -2.32. The largest absolute Gasteiger partial charge is 0.307 e. The summed E-state index contributed by atoms with van der Waals surface area (Å²) in [7, 11) is 0. The Morgan fingerprint density at radius 3 is 2.63 bits per heavy atom. The third-order valence-corrected chi connectivity index (χ3v) is 4.33. The van der Waals surface area contributed by atoms with Crippen molar-refractivity contribution in [2.24, 2.45) is 0 Å². The van der Waals surface area contributed by atoms with E-state index in [-0.39, 0.29) is 0 Å². The summed E-state index contributed by atoms with van der Waals surface area (Å²) in [6, 6.07) is 10.1. The Bertz CT molecular complexity index is 371. The molecule has 2 heteroatoms. The molecule has 2 nitrogen and oxygen atoms in total. The van der Waals surface area contributed by atoms with Crippen LogP contribution in [0.5, 0.6) is 0 Å². The Morgan fingerprint density at radius 2 is 1.95 bits per heavy atom. The Kier molecular flexibility index (Phi) is 5.41. The van der Waals surface area contributed by atoms with E-state index < -0.39 is 0 Å². The number of likely N-dealkylation sites (tertiary alicyclic amines) is 1. The summed E-state index contributed by atoms with van der Waals surface area (Å²) < 4.78 is 0. The molecule has 1 aliphatic rings. The van der Waals surface area contributed by atoms with E-state index in [1.807, 2.05) is 0 Å². The molecule has 2 rings (SSSR count). The molecule has 2 unspecified atom stereocenters. The SMILES string of the molecule is CCN1CCCC(NC(C)c2ccc(C)cc2)CC1. The Balaban J connectivity index is 1.88. The topological polar surface area (TPSA) is 15.3 Å². The summed E-state index contributed by atoms with van der Waals surface area (Å²) in [5.74, 6) is 0. The van der Waals surface area contributed by atoms with Crippen LogP contribution in [0.3, 0.4) is 0 Å². The van der Waals surface area contributed by atoms with Gasteiger partial charge in [-0.05, 0) is 58.3 Å². The van der Waals surface area contributed by atoms with Crippen molar-refractivity contribution >= 4 is 0 Å². The third-order valence-electron chi connectivity index (χ3n) is 4.33. The molecule has 2 atom stereocenters. The Hall–Kier alpha value is -0.860. The highest BCUT2D eigenvalue weighted by Crippen LogP contribution is 2.18. The van der Waals surface area contributed by atoms with Gasteiger partial charge in [-0.1, -0.05) is 36.8 Å². The first-order chi connectivity index (χ1) is 9.19. The molecular weight excluding hydrogens is 232 g/mol. The number of benzene rings is 1. The Labute approximate surface area is 118 Å². The minimum atomic E-state index is 0.457. The Morgan fingerprint density at radius 1 is 1.21 bits per heavy atom. The highest BCUT2D eigenvalue weighted by atomic mass is 15.1. The molecular formula is C17H28N2. The number of hydrogen-bond acceptors (Lipinski definition) is 2. The van der Waals surface area contributed by atoms with Crippen LogP contribution in [0.15, 0.2) is 24.3 Å². The van der Waals surface area contributed by atoms with Gasteiger partial charge in [0.2, 0.25) is 0 Å². The van der Waals surface area contributed by atoms with E-state index >= 15 is 0 Å². The van der Waals surface area contributed by atoms with E-state index in [2.05, 4.69) is 55.3 Å². The molecule has 0 amide bonds. The minimum Gasteiger partial charge on any atom is -0.307 e. The predicted octanol–water partition coefficient (Wildman–Crippen LogP) is 3.52. The zero-order chi connectivity index (χ0) is 13.7. The average Bonchev–Trinajstić information content (AvgIpc) is 2.64. The van der Waals surface area contributed by atoms with Gasteiger partial charge >= 0.3 is 0 Å². The van der Waals surface area contributed by atoms with E-state index in [1.54, 1.807) is 0 Å². The van der Waals surface area contributed by atoms with Crippen molar-refractivity contribution in [3.8, 4) is 0 Å². The molecule has 0 aromatic heterocycles. The first-order valence-electron chi connectivity index (χ1n) is 7.74. The van der Waals surface area contributed by atoms with Gasteiger partial charge in [0, 0.05) is 12.1 Å². The molecule has 1 aliphatic heterocycles. The van der Waals surface area contributed by atoms with Gasteiger partial charge in [-0.25, -0.2) is 0 Å². The second-order valence-electron chi connectivity index (χ2n) is 5.86. The van der Waals surface area contributed by atoms with Gasteiger partial charge in [-0.2, -0.15) is 0 Å². The van der Waals surface area contributed by atoms with Crippen LogP contribution in [0.4, 0.5) is 0 Å². The molecule has 0 saturated carbocycles. The number of rotatable bonds is 4. The molecule has 1 fully saturated rings. The van der Waals surface area contributed by atoms with Crippen LogP contribution in [0.2, 0.25) is 0 Å². The first kappa shape index (κ1) is 14.5. The van der Waals surface area contributed by atoms with Crippen molar-refractivity contribution in [3.63, 3.8) is 0 Å². The monoisotopic (exact) mass is 260 g/mol. The summed E-state index contributed by atoms with van der Waals surface area (Å²) in [5, 5.41) is 3.81. The lowest BCUT2D eigenvalue weighted by molar-refractivity contribution is 0.295. The lowest BCUT2D eigenvalue weighted by atomic mass is 10.0. The lowest BCUT2D eigenvalue weighted by Gasteiger charge is -2.23. The van der Waals surface area contributed by atoms with E-state index in [0.29, 0.717) is 12.1 Å². The van der Waals surface area contributed by atoms with Crippen molar-refractivity contribution < 1.29 is 0 Å². The predicted molar refractivity (Wildman–Crippen MR) is 82.5 cm³/mol. The van der Waals surface area contributed by atoms with E-state index in [0.717, 1.165) is 0 Å². The van der Waals surface area contributed by atoms with Gasteiger partial charge in [-0.15, -0.1) is 0 Å². The van der Waals surface area contributed by atoms with Crippen molar-refractivity contribution in [1.82, 2.24) is 10.2 Å². The van der Waals surface area contributed by atoms with Crippen LogP contribution in [0.25, 0.3) is 0 Å². The second-order valence-corrected chi connectivity index (χ2v) is 5.86. The van der Waals surface area contributed by atoms with Crippen LogP contribution in [-0.4, -0.2) is 30.6 Å². The fourth-order valence-corrected chi connectivity index (χ4v) is 2.94. The number of nitrogens with one attached hydrogen (secondary N) is 1. The van der Waals surface area contributed by atoms with Gasteiger partial charge in [0.15, 0.2) is 0 Å². The molecule has 1 heterocycles. The molecule has 1 aromatic rings.